The average molecular weight is 429 g/mol. The number of nitrogens with zero attached hydrogens (tertiary/aromatic N) is 3. The van der Waals surface area contributed by atoms with Gasteiger partial charge in [-0.1, -0.05) is 103 Å². The van der Waals surface area contributed by atoms with E-state index in [4.69, 9.17) is 15.0 Å². The van der Waals surface area contributed by atoms with Crippen LogP contribution in [-0.2, 0) is 0 Å². The Morgan fingerprint density at radius 2 is 0.879 bits per heavy atom. The molecule has 0 aliphatic carbocycles. The van der Waals surface area contributed by atoms with Crippen LogP contribution in [0.5, 0.6) is 0 Å². The molecule has 6 heteroatoms. The summed E-state index contributed by atoms with van der Waals surface area (Å²) in [6, 6.07) is 35.0. The van der Waals surface area contributed by atoms with E-state index in [2.05, 4.69) is 24.3 Å². The molecule has 0 amide bonds. The van der Waals surface area contributed by atoms with Crippen LogP contribution in [0.2, 0.25) is 0 Å². The van der Waals surface area contributed by atoms with Gasteiger partial charge in [0.05, 0.1) is 0 Å². The Morgan fingerprint density at radius 3 is 1.45 bits per heavy atom. The zero-order valence-electron chi connectivity index (χ0n) is 17.7. The van der Waals surface area contributed by atoms with Crippen molar-refractivity contribution >= 4 is 12.6 Å². The van der Waals surface area contributed by atoms with Crippen LogP contribution in [0.25, 0.3) is 45.3 Å². The second kappa shape index (κ2) is 9.16. The van der Waals surface area contributed by atoms with Gasteiger partial charge in [-0.05, 0) is 22.7 Å². The maximum absolute atomic E-state index is 9.40. The molecule has 5 rings (SSSR count). The number of aromatic nitrogens is 3. The van der Waals surface area contributed by atoms with Crippen molar-refractivity contribution < 1.29 is 10.0 Å². The fourth-order valence-corrected chi connectivity index (χ4v) is 3.62. The lowest BCUT2D eigenvalue weighted by Gasteiger charge is -2.10. The Balaban J connectivity index is 1.64. The number of rotatable bonds is 5. The van der Waals surface area contributed by atoms with Crippen LogP contribution in [0.4, 0.5) is 0 Å². The van der Waals surface area contributed by atoms with Gasteiger partial charge in [0.1, 0.15) is 0 Å². The third kappa shape index (κ3) is 4.57. The SMILES string of the molecule is OB(O)c1ccc(-c2nc(-c3ccccc3)nc(-c3cccc(-c4ccccc4)c3)n2)cc1. The van der Waals surface area contributed by atoms with Crippen molar-refractivity contribution in [2.24, 2.45) is 0 Å². The highest BCUT2D eigenvalue weighted by molar-refractivity contribution is 6.58. The molecule has 0 aliphatic rings. The number of hydrogen-bond donors (Lipinski definition) is 2. The summed E-state index contributed by atoms with van der Waals surface area (Å²) in [6.07, 6.45) is 0. The first kappa shape index (κ1) is 20.8. The van der Waals surface area contributed by atoms with Gasteiger partial charge in [-0.3, -0.25) is 0 Å². The first-order valence-electron chi connectivity index (χ1n) is 10.6. The molecule has 33 heavy (non-hydrogen) atoms. The molecule has 0 unspecified atom stereocenters. The molecule has 0 spiro atoms. The second-order valence-electron chi connectivity index (χ2n) is 7.61. The molecular weight excluding hydrogens is 409 g/mol. The van der Waals surface area contributed by atoms with Crippen molar-refractivity contribution in [3.63, 3.8) is 0 Å². The maximum atomic E-state index is 9.40. The van der Waals surface area contributed by atoms with Gasteiger partial charge in [0.25, 0.3) is 0 Å². The standard InChI is InChI=1S/C27H20BN3O2/c32-28(33)24-16-14-21(15-17-24)26-29-25(20-10-5-2-6-11-20)30-27(31-26)23-13-7-12-22(18-23)19-8-3-1-4-9-19/h1-18,32-33H. The Hall–Kier alpha value is -4.13. The highest BCUT2D eigenvalue weighted by atomic mass is 16.4. The molecule has 0 bridgehead atoms. The highest BCUT2D eigenvalue weighted by Crippen LogP contribution is 2.27. The Kier molecular flexibility index (Phi) is 5.76. The van der Waals surface area contributed by atoms with E-state index in [1.807, 2.05) is 60.7 Å². The lowest BCUT2D eigenvalue weighted by atomic mass is 9.80. The van der Waals surface area contributed by atoms with Crippen LogP contribution in [0, 0.1) is 0 Å². The van der Waals surface area contributed by atoms with E-state index in [9.17, 15) is 10.0 Å². The lowest BCUT2D eigenvalue weighted by Crippen LogP contribution is -2.29. The first-order chi connectivity index (χ1) is 16.2. The second-order valence-corrected chi connectivity index (χ2v) is 7.61. The van der Waals surface area contributed by atoms with Gasteiger partial charge < -0.3 is 10.0 Å². The van der Waals surface area contributed by atoms with E-state index < -0.39 is 7.12 Å². The molecule has 0 radical (unpaired) electrons. The van der Waals surface area contributed by atoms with E-state index in [0.717, 1.165) is 27.8 Å². The van der Waals surface area contributed by atoms with Crippen LogP contribution in [0.15, 0.2) is 109 Å². The van der Waals surface area contributed by atoms with E-state index in [1.54, 1.807) is 24.3 Å². The summed E-state index contributed by atoms with van der Waals surface area (Å²) in [5.41, 5.74) is 5.16. The molecule has 0 saturated heterocycles. The van der Waals surface area contributed by atoms with Gasteiger partial charge in [-0.25, -0.2) is 15.0 Å². The van der Waals surface area contributed by atoms with Crippen molar-refractivity contribution in [3.05, 3.63) is 109 Å². The van der Waals surface area contributed by atoms with Gasteiger partial charge in [-0.2, -0.15) is 0 Å². The summed E-state index contributed by atoms with van der Waals surface area (Å²) in [6.45, 7) is 0. The molecule has 5 aromatic rings. The quantitative estimate of drug-likeness (QED) is 0.409. The van der Waals surface area contributed by atoms with Crippen LogP contribution < -0.4 is 5.46 Å². The van der Waals surface area contributed by atoms with Gasteiger partial charge >= 0.3 is 7.12 Å². The fourth-order valence-electron chi connectivity index (χ4n) is 3.62. The number of benzene rings is 4. The van der Waals surface area contributed by atoms with E-state index in [-0.39, 0.29) is 0 Å². The van der Waals surface area contributed by atoms with Gasteiger partial charge in [-0.15, -0.1) is 0 Å². The molecule has 2 N–H and O–H groups in total. The maximum Gasteiger partial charge on any atom is 0.488 e. The van der Waals surface area contributed by atoms with Crippen molar-refractivity contribution in [1.29, 1.82) is 0 Å². The largest absolute Gasteiger partial charge is 0.488 e. The Morgan fingerprint density at radius 1 is 0.424 bits per heavy atom. The van der Waals surface area contributed by atoms with Crippen LogP contribution in [0.3, 0.4) is 0 Å². The third-order valence-electron chi connectivity index (χ3n) is 5.36. The summed E-state index contributed by atoms with van der Waals surface area (Å²) in [4.78, 5) is 14.2. The van der Waals surface area contributed by atoms with E-state index in [0.29, 0.717) is 22.9 Å². The van der Waals surface area contributed by atoms with Crippen molar-refractivity contribution in [2.45, 2.75) is 0 Å². The summed E-state index contributed by atoms with van der Waals surface area (Å²) >= 11 is 0. The van der Waals surface area contributed by atoms with E-state index in [1.165, 1.54) is 0 Å². The van der Waals surface area contributed by atoms with E-state index >= 15 is 0 Å². The summed E-state index contributed by atoms with van der Waals surface area (Å²) in [5, 5.41) is 18.8. The summed E-state index contributed by atoms with van der Waals surface area (Å²) in [5.74, 6) is 1.66. The predicted octanol–water partition coefficient (Wildman–Crippen LogP) is 4.22. The summed E-state index contributed by atoms with van der Waals surface area (Å²) in [7, 11) is -1.52. The van der Waals surface area contributed by atoms with Crippen LogP contribution >= 0.6 is 0 Å². The topological polar surface area (TPSA) is 79.1 Å². The molecule has 0 fully saturated rings. The summed E-state index contributed by atoms with van der Waals surface area (Å²) < 4.78 is 0. The highest BCUT2D eigenvalue weighted by Gasteiger charge is 2.14. The minimum atomic E-state index is -1.52. The van der Waals surface area contributed by atoms with Gasteiger partial charge in [0, 0.05) is 16.7 Å². The number of hydrogen-bond acceptors (Lipinski definition) is 5. The molecule has 5 nitrogen and oxygen atoms in total. The molecule has 0 saturated carbocycles. The molecule has 1 aromatic heterocycles. The normalized spacial score (nSPS) is 10.7. The lowest BCUT2D eigenvalue weighted by molar-refractivity contribution is 0.426. The van der Waals surface area contributed by atoms with Crippen molar-refractivity contribution in [1.82, 2.24) is 15.0 Å². The minimum absolute atomic E-state index is 0.409. The van der Waals surface area contributed by atoms with Gasteiger partial charge in [0.15, 0.2) is 17.5 Å². The molecule has 0 atom stereocenters. The average Bonchev–Trinajstić information content (AvgIpc) is 2.89. The molecule has 0 aliphatic heterocycles. The fraction of sp³-hybridized carbons (Fsp3) is 0. The minimum Gasteiger partial charge on any atom is -0.423 e. The van der Waals surface area contributed by atoms with Crippen LogP contribution in [-0.4, -0.2) is 32.1 Å². The Labute approximate surface area is 192 Å². The van der Waals surface area contributed by atoms with Crippen molar-refractivity contribution in [2.75, 3.05) is 0 Å². The third-order valence-corrected chi connectivity index (χ3v) is 5.36. The zero-order chi connectivity index (χ0) is 22.6. The molecule has 1 heterocycles. The zero-order valence-corrected chi connectivity index (χ0v) is 17.7. The first-order valence-corrected chi connectivity index (χ1v) is 10.6. The van der Waals surface area contributed by atoms with Gasteiger partial charge in [0.2, 0.25) is 0 Å². The van der Waals surface area contributed by atoms with Crippen LogP contribution in [0.1, 0.15) is 0 Å². The predicted molar refractivity (Wildman–Crippen MR) is 131 cm³/mol. The molecular formula is C27H20BN3O2. The van der Waals surface area contributed by atoms with Crippen molar-refractivity contribution in [3.8, 4) is 45.3 Å². The monoisotopic (exact) mass is 429 g/mol. The molecule has 4 aromatic carbocycles. The smallest absolute Gasteiger partial charge is 0.423 e. The molecule has 158 valence electrons. The Bertz CT molecular complexity index is 1380.